The Morgan fingerprint density at radius 3 is 2.52 bits per heavy atom. The molecule has 1 aliphatic heterocycles. The van der Waals surface area contributed by atoms with Gasteiger partial charge in [-0.15, -0.1) is 0 Å². The molecular weight excluding hydrogens is 388 g/mol. The van der Waals surface area contributed by atoms with Crippen molar-refractivity contribution in [2.24, 2.45) is 34.5 Å². The van der Waals surface area contributed by atoms with Crippen molar-refractivity contribution < 1.29 is 14.3 Å². The zero-order valence-electron chi connectivity index (χ0n) is 19.9. The van der Waals surface area contributed by atoms with Crippen LogP contribution >= 0.6 is 0 Å². The molecule has 1 heterocycles. The highest BCUT2D eigenvalue weighted by Gasteiger charge is 2.59. The number of nitrogens with zero attached hydrogens (tertiary/aromatic N) is 2. The average Bonchev–Trinajstić information content (AvgIpc) is 2.75. The highest BCUT2D eigenvalue weighted by atomic mass is 16.6. The quantitative estimate of drug-likeness (QED) is 0.603. The first-order valence-corrected chi connectivity index (χ1v) is 13.0. The molecular formula is C26H42N2O3. The van der Waals surface area contributed by atoms with Crippen LogP contribution in [-0.2, 0) is 9.53 Å². The minimum absolute atomic E-state index is 0.0438. The van der Waals surface area contributed by atoms with Crippen LogP contribution in [0.2, 0.25) is 0 Å². The molecule has 0 aromatic rings. The summed E-state index contributed by atoms with van der Waals surface area (Å²) in [5.41, 5.74) is 0.319. The number of carbonyl (C=O) groups excluding carboxylic acids is 2. The molecule has 5 rings (SSSR count). The van der Waals surface area contributed by atoms with E-state index >= 15 is 0 Å². The number of rotatable bonds is 1. The third-order valence-corrected chi connectivity index (χ3v) is 10.6. The zero-order valence-corrected chi connectivity index (χ0v) is 19.9. The van der Waals surface area contributed by atoms with Gasteiger partial charge in [0.05, 0.1) is 0 Å². The minimum Gasteiger partial charge on any atom is -0.446 e. The molecule has 0 spiro atoms. The highest BCUT2D eigenvalue weighted by molar-refractivity contribution is 5.85. The molecule has 31 heavy (non-hydrogen) atoms. The fraction of sp³-hybridized carbons (Fsp3) is 0.923. The van der Waals surface area contributed by atoms with Crippen LogP contribution < -0.4 is 0 Å². The fourth-order valence-electron chi connectivity index (χ4n) is 8.50. The number of hydrogen-bond acceptors (Lipinski definition) is 4. The molecule has 1 saturated heterocycles. The van der Waals surface area contributed by atoms with E-state index < -0.39 is 0 Å². The molecule has 0 aromatic heterocycles. The van der Waals surface area contributed by atoms with E-state index in [-0.39, 0.29) is 17.6 Å². The number of amides is 1. The van der Waals surface area contributed by atoms with Crippen molar-refractivity contribution in [1.82, 2.24) is 9.80 Å². The van der Waals surface area contributed by atoms with Crippen LogP contribution in [0.1, 0.15) is 78.1 Å². The zero-order chi connectivity index (χ0) is 21.8. The van der Waals surface area contributed by atoms with Crippen molar-refractivity contribution >= 4 is 11.9 Å². The van der Waals surface area contributed by atoms with E-state index in [2.05, 4.69) is 25.8 Å². The molecule has 0 aromatic carbocycles. The van der Waals surface area contributed by atoms with Gasteiger partial charge in [-0.25, -0.2) is 4.79 Å². The van der Waals surface area contributed by atoms with Crippen LogP contribution in [0.4, 0.5) is 4.79 Å². The Morgan fingerprint density at radius 1 is 0.968 bits per heavy atom. The maximum absolute atomic E-state index is 12.8. The van der Waals surface area contributed by atoms with Gasteiger partial charge >= 0.3 is 6.09 Å². The van der Waals surface area contributed by atoms with Crippen molar-refractivity contribution in [3.8, 4) is 0 Å². The maximum atomic E-state index is 12.8. The van der Waals surface area contributed by atoms with Gasteiger partial charge in [-0.2, -0.15) is 0 Å². The van der Waals surface area contributed by atoms with Crippen LogP contribution in [-0.4, -0.2) is 61.0 Å². The summed E-state index contributed by atoms with van der Waals surface area (Å²) in [7, 11) is 2.11. The lowest BCUT2D eigenvalue weighted by Crippen LogP contribution is -2.57. The Bertz CT molecular complexity index is 717. The molecule has 0 bridgehead atoms. The Kier molecular flexibility index (Phi) is 5.64. The number of likely N-dealkylation sites (N-methyl/N-ethyl adjacent to an activating group) is 1. The summed E-state index contributed by atoms with van der Waals surface area (Å²) in [5.74, 6) is 3.31. The van der Waals surface area contributed by atoms with Crippen molar-refractivity contribution in [2.75, 3.05) is 33.2 Å². The van der Waals surface area contributed by atoms with E-state index in [1.165, 1.54) is 32.1 Å². The molecule has 5 aliphatic rings. The van der Waals surface area contributed by atoms with E-state index in [4.69, 9.17) is 4.74 Å². The van der Waals surface area contributed by atoms with Gasteiger partial charge in [-0.3, -0.25) is 4.79 Å². The van der Waals surface area contributed by atoms with Gasteiger partial charge < -0.3 is 14.5 Å². The number of ether oxygens (including phenoxy) is 1. The summed E-state index contributed by atoms with van der Waals surface area (Å²) in [5, 5.41) is 0. The van der Waals surface area contributed by atoms with Crippen molar-refractivity contribution in [3.63, 3.8) is 0 Å². The molecule has 5 nitrogen and oxygen atoms in total. The predicted molar refractivity (Wildman–Crippen MR) is 121 cm³/mol. The lowest BCUT2D eigenvalue weighted by atomic mass is 9.43. The molecule has 7 atom stereocenters. The van der Waals surface area contributed by atoms with Crippen LogP contribution in [0.3, 0.4) is 0 Å². The van der Waals surface area contributed by atoms with Gasteiger partial charge in [0.15, 0.2) is 0 Å². The van der Waals surface area contributed by atoms with Crippen molar-refractivity contribution in [1.29, 1.82) is 0 Å². The topological polar surface area (TPSA) is 49.9 Å². The SMILES string of the molecule is CN1CCN(C(=O)OC2CCC3(C)C(CCC4C5CCCC(=O)C5(C)CCC43)C2)CC1. The predicted octanol–water partition coefficient (Wildman–Crippen LogP) is 4.74. The second-order valence-corrected chi connectivity index (χ2v) is 12.0. The van der Waals surface area contributed by atoms with E-state index in [0.29, 0.717) is 23.0 Å². The lowest BCUT2D eigenvalue weighted by Gasteiger charge is -2.62. The Labute approximate surface area is 188 Å². The van der Waals surface area contributed by atoms with Crippen molar-refractivity contribution in [3.05, 3.63) is 0 Å². The first-order valence-electron chi connectivity index (χ1n) is 13.0. The van der Waals surface area contributed by atoms with E-state index in [1.54, 1.807) is 0 Å². The normalized spacial score (nSPS) is 46.0. The van der Waals surface area contributed by atoms with Gasteiger partial charge in [-0.05, 0) is 93.9 Å². The molecule has 174 valence electrons. The second-order valence-electron chi connectivity index (χ2n) is 12.0. The van der Waals surface area contributed by atoms with Gasteiger partial charge in [0.25, 0.3) is 0 Å². The first-order chi connectivity index (χ1) is 14.8. The Balaban J connectivity index is 1.24. The molecule has 7 unspecified atom stereocenters. The monoisotopic (exact) mass is 430 g/mol. The van der Waals surface area contributed by atoms with Crippen LogP contribution in [0.5, 0.6) is 0 Å². The highest BCUT2D eigenvalue weighted by Crippen LogP contribution is 2.64. The summed E-state index contributed by atoms with van der Waals surface area (Å²) in [6, 6.07) is 0. The molecule has 5 heteroatoms. The number of hydrogen-bond donors (Lipinski definition) is 0. The largest absolute Gasteiger partial charge is 0.446 e. The molecule has 4 aliphatic carbocycles. The second kappa shape index (κ2) is 8.04. The molecule has 0 N–H and O–H groups in total. The van der Waals surface area contributed by atoms with E-state index in [1.807, 2.05) is 4.90 Å². The Morgan fingerprint density at radius 2 is 1.74 bits per heavy atom. The van der Waals surface area contributed by atoms with E-state index in [0.717, 1.165) is 70.1 Å². The van der Waals surface area contributed by atoms with Crippen LogP contribution in [0, 0.1) is 34.5 Å². The standard InChI is InChI=1S/C26H42N2O3/c1-25-11-9-19(31-24(30)28-15-13-27(3)14-16-28)17-18(25)7-8-20-21-5-4-6-23(29)26(21,2)12-10-22(20)25/h18-22H,4-17H2,1-3H3. The van der Waals surface area contributed by atoms with Crippen molar-refractivity contribution in [2.45, 2.75) is 84.2 Å². The minimum atomic E-state index is -0.0930. The maximum Gasteiger partial charge on any atom is 0.410 e. The Hall–Kier alpha value is -1.10. The van der Waals surface area contributed by atoms with Gasteiger partial charge in [0, 0.05) is 38.0 Å². The smallest absolute Gasteiger partial charge is 0.410 e. The van der Waals surface area contributed by atoms with Crippen LogP contribution in [0.15, 0.2) is 0 Å². The van der Waals surface area contributed by atoms with Crippen LogP contribution in [0.25, 0.3) is 0 Å². The lowest BCUT2D eigenvalue weighted by molar-refractivity contribution is -0.158. The third-order valence-electron chi connectivity index (χ3n) is 10.6. The number of Topliss-reactive ketones (excluding diaryl/α,β-unsaturated/α-hetero) is 1. The summed E-state index contributed by atoms with van der Waals surface area (Å²) in [6.07, 6.45) is 11.2. The van der Waals surface area contributed by atoms with Gasteiger partial charge in [-0.1, -0.05) is 13.8 Å². The molecule has 5 fully saturated rings. The number of fused-ring (bicyclic) bond motifs is 5. The number of ketones is 1. The number of carbonyl (C=O) groups is 2. The summed E-state index contributed by atoms with van der Waals surface area (Å²) < 4.78 is 6.04. The third kappa shape index (κ3) is 3.63. The summed E-state index contributed by atoms with van der Waals surface area (Å²) >= 11 is 0. The molecule has 4 saturated carbocycles. The van der Waals surface area contributed by atoms with Gasteiger partial charge in [0.2, 0.25) is 0 Å². The fourth-order valence-corrected chi connectivity index (χ4v) is 8.50. The van der Waals surface area contributed by atoms with E-state index in [9.17, 15) is 9.59 Å². The summed E-state index contributed by atoms with van der Waals surface area (Å²) in [4.78, 5) is 29.7. The van der Waals surface area contributed by atoms with Gasteiger partial charge in [0.1, 0.15) is 11.9 Å². The summed E-state index contributed by atoms with van der Waals surface area (Å²) in [6.45, 7) is 8.27. The first kappa shape index (κ1) is 21.7. The number of piperazine rings is 1. The molecule has 1 amide bonds. The molecule has 0 radical (unpaired) electrons. The average molecular weight is 431 g/mol.